The second kappa shape index (κ2) is 6.27. The number of amides is 1. The molecule has 1 saturated carbocycles. The van der Waals surface area contributed by atoms with Crippen molar-refractivity contribution in [3.8, 4) is 5.75 Å². The second-order valence-corrected chi connectivity index (χ2v) is 6.01. The molecule has 0 atom stereocenters. The predicted octanol–water partition coefficient (Wildman–Crippen LogP) is 3.27. The van der Waals surface area contributed by atoms with Crippen LogP contribution in [0.1, 0.15) is 35.1 Å². The first-order chi connectivity index (χ1) is 10.7. The van der Waals surface area contributed by atoms with Gasteiger partial charge in [-0.15, -0.1) is 11.3 Å². The van der Waals surface area contributed by atoms with Gasteiger partial charge >= 0.3 is 5.97 Å². The number of thiazole rings is 1. The maximum Gasteiger partial charge on any atom is 0.355 e. The Balaban J connectivity index is 1.63. The third-order valence-electron chi connectivity index (χ3n) is 3.44. The van der Waals surface area contributed by atoms with Crippen molar-refractivity contribution in [1.29, 1.82) is 0 Å². The normalized spacial score (nSPS) is 13.7. The third kappa shape index (κ3) is 3.33. The summed E-state index contributed by atoms with van der Waals surface area (Å²) in [7, 11) is 0. The Morgan fingerprint density at radius 2 is 2.05 bits per heavy atom. The summed E-state index contributed by atoms with van der Waals surface area (Å²) in [4.78, 5) is 28.4. The van der Waals surface area contributed by atoms with Crippen molar-refractivity contribution in [3.05, 3.63) is 40.3 Å². The lowest BCUT2D eigenvalue weighted by molar-refractivity contribution is -0.117. The van der Waals surface area contributed by atoms with Crippen LogP contribution in [0.2, 0.25) is 0 Å². The zero-order valence-electron chi connectivity index (χ0n) is 12.2. The molecule has 0 bridgehead atoms. The molecule has 1 aliphatic carbocycles. The maximum atomic E-state index is 12.1. The van der Waals surface area contributed by atoms with Gasteiger partial charge in [-0.3, -0.25) is 4.79 Å². The molecule has 6 heteroatoms. The molecule has 3 rings (SSSR count). The highest BCUT2D eigenvalue weighted by molar-refractivity contribution is 7.11. The van der Waals surface area contributed by atoms with Crippen LogP contribution < -0.4 is 10.1 Å². The Morgan fingerprint density at radius 3 is 2.68 bits per heavy atom. The molecule has 0 radical (unpaired) electrons. The Bertz CT molecular complexity index is 690. The van der Waals surface area contributed by atoms with Gasteiger partial charge in [0.1, 0.15) is 10.6 Å². The molecule has 1 fully saturated rings. The number of benzene rings is 1. The van der Waals surface area contributed by atoms with E-state index in [1.165, 1.54) is 11.3 Å². The third-order valence-corrected chi connectivity index (χ3v) is 4.29. The fourth-order valence-corrected chi connectivity index (χ4v) is 2.79. The number of rotatable bonds is 5. The fraction of sp³-hybridized carbons (Fsp3) is 0.312. The number of aromatic nitrogens is 1. The van der Waals surface area contributed by atoms with E-state index >= 15 is 0 Å². The fourth-order valence-electron chi connectivity index (χ4n) is 2.04. The van der Waals surface area contributed by atoms with Crippen LogP contribution in [0, 0.1) is 5.92 Å². The van der Waals surface area contributed by atoms with Gasteiger partial charge in [0, 0.05) is 11.6 Å². The summed E-state index contributed by atoms with van der Waals surface area (Å²) >= 11 is 1.28. The highest BCUT2D eigenvalue weighted by atomic mass is 32.1. The molecule has 1 N–H and O–H groups in total. The van der Waals surface area contributed by atoms with E-state index in [1.807, 2.05) is 6.92 Å². The minimum atomic E-state index is -0.394. The van der Waals surface area contributed by atoms with Crippen LogP contribution in [-0.4, -0.2) is 16.9 Å². The summed E-state index contributed by atoms with van der Waals surface area (Å²) < 4.78 is 5.34. The van der Waals surface area contributed by atoms with Gasteiger partial charge in [0.2, 0.25) is 5.91 Å². The minimum Gasteiger partial charge on any atom is -0.422 e. The molecule has 0 spiro atoms. The lowest BCUT2D eigenvalue weighted by Gasteiger charge is -2.06. The molecule has 1 aromatic carbocycles. The lowest BCUT2D eigenvalue weighted by Crippen LogP contribution is -2.13. The Kier molecular flexibility index (Phi) is 4.20. The van der Waals surface area contributed by atoms with E-state index < -0.39 is 5.97 Å². The SMILES string of the molecule is CCc1ncsc1C(=O)Oc1ccc(NC(=O)C2CC2)cc1. The monoisotopic (exact) mass is 316 g/mol. The second-order valence-electron chi connectivity index (χ2n) is 5.16. The standard InChI is InChI=1S/C16H16N2O3S/c1-2-13-14(22-9-17-13)16(20)21-12-7-5-11(6-8-12)18-15(19)10-3-4-10/h5-10H,2-4H2,1H3,(H,18,19). The minimum absolute atomic E-state index is 0.0574. The van der Waals surface area contributed by atoms with E-state index in [2.05, 4.69) is 10.3 Å². The summed E-state index contributed by atoms with van der Waals surface area (Å²) in [5.74, 6) is 0.275. The van der Waals surface area contributed by atoms with E-state index in [-0.39, 0.29) is 11.8 Å². The van der Waals surface area contributed by atoms with Crippen LogP contribution >= 0.6 is 11.3 Å². The van der Waals surface area contributed by atoms with Crippen molar-refractivity contribution in [1.82, 2.24) is 4.98 Å². The first-order valence-corrected chi connectivity index (χ1v) is 8.10. The van der Waals surface area contributed by atoms with Crippen LogP contribution in [-0.2, 0) is 11.2 Å². The molecule has 1 aromatic heterocycles. The Labute approximate surface area is 132 Å². The van der Waals surface area contributed by atoms with E-state index in [1.54, 1.807) is 29.8 Å². The quantitative estimate of drug-likeness (QED) is 0.679. The van der Waals surface area contributed by atoms with Crippen LogP contribution in [0.3, 0.4) is 0 Å². The number of hydrogen-bond donors (Lipinski definition) is 1. The predicted molar refractivity (Wildman–Crippen MR) is 84.2 cm³/mol. The molecule has 0 aliphatic heterocycles. The van der Waals surface area contributed by atoms with Gasteiger partial charge in [-0.2, -0.15) is 0 Å². The molecule has 1 amide bonds. The molecule has 2 aromatic rings. The zero-order valence-corrected chi connectivity index (χ0v) is 13.0. The van der Waals surface area contributed by atoms with Gasteiger partial charge in [-0.05, 0) is 43.5 Å². The van der Waals surface area contributed by atoms with E-state index in [4.69, 9.17) is 4.74 Å². The number of aryl methyl sites for hydroxylation is 1. The summed E-state index contributed by atoms with van der Waals surface area (Å²) in [6, 6.07) is 6.81. The van der Waals surface area contributed by atoms with Crippen LogP contribution in [0.4, 0.5) is 5.69 Å². The average Bonchev–Trinajstić information content (AvgIpc) is 3.26. The van der Waals surface area contributed by atoms with Gasteiger partial charge in [0.25, 0.3) is 0 Å². The van der Waals surface area contributed by atoms with Crippen molar-refractivity contribution in [2.75, 3.05) is 5.32 Å². The maximum absolute atomic E-state index is 12.1. The zero-order chi connectivity index (χ0) is 15.5. The molecule has 0 unspecified atom stereocenters. The van der Waals surface area contributed by atoms with Crippen LogP contribution in [0.15, 0.2) is 29.8 Å². The number of ether oxygens (including phenoxy) is 1. The largest absolute Gasteiger partial charge is 0.422 e. The van der Waals surface area contributed by atoms with Crippen molar-refractivity contribution >= 4 is 28.9 Å². The summed E-state index contributed by atoms with van der Waals surface area (Å²) in [5, 5.41) is 2.84. The van der Waals surface area contributed by atoms with E-state index in [9.17, 15) is 9.59 Å². The molecule has 1 aliphatic rings. The van der Waals surface area contributed by atoms with Gasteiger partial charge in [-0.25, -0.2) is 9.78 Å². The molecular weight excluding hydrogens is 300 g/mol. The van der Waals surface area contributed by atoms with Crippen molar-refractivity contribution in [2.45, 2.75) is 26.2 Å². The van der Waals surface area contributed by atoms with Gasteiger partial charge in [0.05, 0.1) is 11.2 Å². The van der Waals surface area contributed by atoms with Gasteiger partial charge < -0.3 is 10.1 Å². The number of carbonyl (C=O) groups excluding carboxylic acids is 2. The van der Waals surface area contributed by atoms with E-state index in [0.717, 1.165) is 18.5 Å². The lowest BCUT2D eigenvalue weighted by atomic mass is 10.2. The molecule has 114 valence electrons. The summed E-state index contributed by atoms with van der Waals surface area (Å²) in [6.45, 7) is 1.95. The first kappa shape index (κ1) is 14.7. The van der Waals surface area contributed by atoms with Crippen LogP contribution in [0.25, 0.3) is 0 Å². The summed E-state index contributed by atoms with van der Waals surface area (Å²) in [5.41, 5.74) is 3.11. The average molecular weight is 316 g/mol. The number of hydrogen-bond acceptors (Lipinski definition) is 5. The number of nitrogens with one attached hydrogen (secondary N) is 1. The van der Waals surface area contributed by atoms with E-state index in [0.29, 0.717) is 22.7 Å². The molecule has 0 saturated heterocycles. The van der Waals surface area contributed by atoms with Gasteiger partial charge in [0.15, 0.2) is 0 Å². The molecule has 1 heterocycles. The topological polar surface area (TPSA) is 68.3 Å². The molecule has 5 nitrogen and oxygen atoms in total. The number of esters is 1. The van der Waals surface area contributed by atoms with Crippen molar-refractivity contribution < 1.29 is 14.3 Å². The Morgan fingerprint density at radius 1 is 1.32 bits per heavy atom. The van der Waals surface area contributed by atoms with Crippen LogP contribution in [0.5, 0.6) is 5.75 Å². The van der Waals surface area contributed by atoms with Crippen molar-refractivity contribution in [2.24, 2.45) is 5.92 Å². The number of anilines is 1. The molecular formula is C16H16N2O3S. The van der Waals surface area contributed by atoms with Crippen molar-refractivity contribution in [3.63, 3.8) is 0 Å². The highest BCUT2D eigenvalue weighted by Gasteiger charge is 2.29. The first-order valence-electron chi connectivity index (χ1n) is 7.23. The number of carbonyl (C=O) groups is 2. The Hall–Kier alpha value is -2.21. The highest BCUT2D eigenvalue weighted by Crippen LogP contribution is 2.30. The smallest absolute Gasteiger partial charge is 0.355 e. The number of nitrogens with zero attached hydrogens (tertiary/aromatic N) is 1. The summed E-state index contributed by atoms with van der Waals surface area (Å²) in [6.07, 6.45) is 2.63. The molecule has 22 heavy (non-hydrogen) atoms. The van der Waals surface area contributed by atoms with Gasteiger partial charge in [-0.1, -0.05) is 6.92 Å².